The third-order valence-electron chi connectivity index (χ3n) is 2.89. The minimum Gasteiger partial charge on any atom is -0.506 e. The summed E-state index contributed by atoms with van der Waals surface area (Å²) < 4.78 is 0.560. The number of hydrogen-bond acceptors (Lipinski definition) is 4. The average molecular weight is 377 g/mol. The van der Waals surface area contributed by atoms with Crippen molar-refractivity contribution in [1.82, 2.24) is 9.80 Å². The van der Waals surface area contributed by atoms with Crippen LogP contribution in [0.3, 0.4) is 0 Å². The van der Waals surface area contributed by atoms with Gasteiger partial charge in [0.25, 0.3) is 0 Å². The van der Waals surface area contributed by atoms with E-state index in [2.05, 4.69) is 21.2 Å². The smallest absolute Gasteiger partial charge is 0.327 e. The first-order valence-electron chi connectivity index (χ1n) is 5.83. The number of carbonyl (C=O) groups is 3. The van der Waals surface area contributed by atoms with Gasteiger partial charge in [0, 0.05) is 11.5 Å². The SMILES string of the molecule is CN1C(=O)CN(CC(=O)Nc2c(O)cc(Br)cc2Cl)C1=O. The largest absolute Gasteiger partial charge is 0.506 e. The van der Waals surface area contributed by atoms with Gasteiger partial charge < -0.3 is 15.3 Å². The zero-order chi connectivity index (χ0) is 15.7. The van der Waals surface area contributed by atoms with E-state index in [-0.39, 0.29) is 35.5 Å². The standard InChI is InChI=1S/C12H11BrClN3O4/c1-16-10(20)5-17(12(16)21)4-9(19)15-11-7(14)2-6(13)3-8(11)18/h2-3,18H,4-5H2,1H3,(H,15,19). The molecule has 0 aliphatic carbocycles. The maximum atomic E-state index is 11.9. The van der Waals surface area contributed by atoms with Crippen LogP contribution in [0, 0.1) is 0 Å². The van der Waals surface area contributed by atoms with Gasteiger partial charge in [0.15, 0.2) is 0 Å². The molecule has 1 aromatic rings. The molecule has 1 heterocycles. The molecule has 7 nitrogen and oxygen atoms in total. The van der Waals surface area contributed by atoms with Crippen LogP contribution in [-0.4, -0.2) is 52.9 Å². The highest BCUT2D eigenvalue weighted by atomic mass is 79.9. The summed E-state index contributed by atoms with van der Waals surface area (Å²) in [6.07, 6.45) is 0. The maximum absolute atomic E-state index is 11.9. The lowest BCUT2D eigenvalue weighted by molar-refractivity contribution is -0.124. The van der Waals surface area contributed by atoms with Crippen molar-refractivity contribution in [2.75, 3.05) is 25.5 Å². The van der Waals surface area contributed by atoms with Gasteiger partial charge in [-0.3, -0.25) is 14.5 Å². The number of hydrogen-bond donors (Lipinski definition) is 2. The molecule has 0 aromatic heterocycles. The molecule has 4 amide bonds. The van der Waals surface area contributed by atoms with Crippen molar-refractivity contribution in [2.45, 2.75) is 0 Å². The van der Waals surface area contributed by atoms with Crippen molar-refractivity contribution in [3.63, 3.8) is 0 Å². The van der Waals surface area contributed by atoms with E-state index < -0.39 is 11.9 Å². The number of nitrogens with zero attached hydrogens (tertiary/aromatic N) is 2. The number of urea groups is 1. The number of phenolic OH excluding ortho intramolecular Hbond substituents is 1. The predicted octanol–water partition coefficient (Wildman–Crippen LogP) is 1.64. The van der Waals surface area contributed by atoms with E-state index in [1.54, 1.807) is 0 Å². The lowest BCUT2D eigenvalue weighted by Gasteiger charge is -2.15. The van der Waals surface area contributed by atoms with Crippen LogP contribution in [0.5, 0.6) is 5.75 Å². The number of likely N-dealkylation sites (N-methyl/N-ethyl adjacent to an activating group) is 1. The molecule has 0 spiro atoms. The van der Waals surface area contributed by atoms with Crippen LogP contribution >= 0.6 is 27.5 Å². The minimum absolute atomic E-state index is 0.0520. The Kier molecular flexibility index (Phi) is 4.38. The van der Waals surface area contributed by atoms with Crippen LogP contribution in [-0.2, 0) is 9.59 Å². The van der Waals surface area contributed by atoms with Crippen molar-refractivity contribution in [3.05, 3.63) is 21.6 Å². The van der Waals surface area contributed by atoms with Crippen LogP contribution in [0.1, 0.15) is 0 Å². The number of halogens is 2. The Morgan fingerprint density at radius 3 is 2.67 bits per heavy atom. The monoisotopic (exact) mass is 375 g/mol. The second-order valence-electron chi connectivity index (χ2n) is 4.42. The summed E-state index contributed by atoms with van der Waals surface area (Å²) in [5.74, 6) is -1.15. The lowest BCUT2D eigenvalue weighted by Crippen LogP contribution is -2.36. The van der Waals surface area contributed by atoms with E-state index >= 15 is 0 Å². The molecule has 21 heavy (non-hydrogen) atoms. The van der Waals surface area contributed by atoms with Crippen molar-refractivity contribution >= 4 is 51.1 Å². The Bertz CT molecular complexity index is 614. The predicted molar refractivity (Wildman–Crippen MR) is 79.2 cm³/mol. The number of aromatic hydroxyl groups is 1. The van der Waals surface area contributed by atoms with Crippen LogP contribution in [0.15, 0.2) is 16.6 Å². The Labute approximate surface area is 133 Å². The summed E-state index contributed by atoms with van der Waals surface area (Å²) >= 11 is 9.08. The third kappa shape index (κ3) is 3.27. The fourth-order valence-electron chi connectivity index (χ4n) is 1.82. The minimum atomic E-state index is -0.564. The number of imide groups is 1. The topological polar surface area (TPSA) is 90.0 Å². The first kappa shape index (κ1) is 15.6. The zero-order valence-electron chi connectivity index (χ0n) is 10.9. The number of phenols is 1. The molecule has 2 rings (SSSR count). The Morgan fingerprint density at radius 1 is 1.48 bits per heavy atom. The molecule has 0 radical (unpaired) electrons. The van der Waals surface area contributed by atoms with E-state index in [9.17, 15) is 19.5 Å². The second-order valence-corrected chi connectivity index (χ2v) is 5.74. The highest BCUT2D eigenvalue weighted by Crippen LogP contribution is 2.34. The highest BCUT2D eigenvalue weighted by Gasteiger charge is 2.34. The first-order chi connectivity index (χ1) is 9.79. The fourth-order valence-corrected chi connectivity index (χ4v) is 2.65. The van der Waals surface area contributed by atoms with Crippen molar-refractivity contribution in [1.29, 1.82) is 0 Å². The van der Waals surface area contributed by atoms with E-state index in [1.165, 1.54) is 19.2 Å². The summed E-state index contributed by atoms with van der Waals surface area (Å²) in [6.45, 7) is -0.455. The van der Waals surface area contributed by atoms with Gasteiger partial charge in [-0.1, -0.05) is 27.5 Å². The molecule has 0 saturated carbocycles. The van der Waals surface area contributed by atoms with Gasteiger partial charge in [0.2, 0.25) is 11.8 Å². The quantitative estimate of drug-likeness (QED) is 0.620. The van der Waals surface area contributed by atoms with E-state index in [4.69, 9.17) is 11.6 Å². The molecular formula is C12H11BrClN3O4. The zero-order valence-corrected chi connectivity index (χ0v) is 13.2. The normalized spacial score (nSPS) is 14.8. The number of rotatable bonds is 3. The fraction of sp³-hybridized carbons (Fsp3) is 0.250. The van der Waals surface area contributed by atoms with Gasteiger partial charge in [-0.2, -0.15) is 0 Å². The average Bonchev–Trinajstić information content (AvgIpc) is 2.61. The van der Waals surface area contributed by atoms with Crippen LogP contribution < -0.4 is 5.32 Å². The number of benzene rings is 1. The molecule has 0 bridgehead atoms. The third-order valence-corrected chi connectivity index (χ3v) is 3.65. The highest BCUT2D eigenvalue weighted by molar-refractivity contribution is 9.10. The van der Waals surface area contributed by atoms with Crippen LogP contribution in [0.2, 0.25) is 5.02 Å². The molecule has 1 aromatic carbocycles. The first-order valence-corrected chi connectivity index (χ1v) is 7.00. The van der Waals surface area contributed by atoms with Gasteiger partial charge in [-0.25, -0.2) is 4.79 Å². The summed E-state index contributed by atoms with van der Waals surface area (Å²) in [7, 11) is 1.35. The summed E-state index contributed by atoms with van der Waals surface area (Å²) in [5, 5.41) is 12.3. The number of amides is 4. The maximum Gasteiger partial charge on any atom is 0.327 e. The van der Waals surface area contributed by atoms with Gasteiger partial charge >= 0.3 is 6.03 Å². The van der Waals surface area contributed by atoms with Gasteiger partial charge in [-0.15, -0.1) is 0 Å². The Hall–Kier alpha value is -1.80. The van der Waals surface area contributed by atoms with Gasteiger partial charge in [-0.05, 0) is 12.1 Å². The van der Waals surface area contributed by atoms with Gasteiger partial charge in [0.05, 0.1) is 5.02 Å². The Balaban J connectivity index is 2.07. The molecule has 1 aliphatic rings. The number of nitrogens with one attached hydrogen (secondary N) is 1. The van der Waals surface area contributed by atoms with Crippen LogP contribution in [0.25, 0.3) is 0 Å². The van der Waals surface area contributed by atoms with Crippen LogP contribution in [0.4, 0.5) is 10.5 Å². The molecular weight excluding hydrogens is 366 g/mol. The molecule has 0 unspecified atom stereocenters. The summed E-state index contributed by atoms with van der Waals surface area (Å²) in [5.41, 5.74) is 0.0520. The van der Waals surface area contributed by atoms with Gasteiger partial charge in [0.1, 0.15) is 24.5 Å². The molecule has 0 atom stereocenters. The van der Waals surface area contributed by atoms with Crippen molar-refractivity contribution in [3.8, 4) is 5.75 Å². The number of anilines is 1. The van der Waals surface area contributed by atoms with E-state index in [0.29, 0.717) is 4.47 Å². The molecule has 2 N–H and O–H groups in total. The second kappa shape index (κ2) is 5.90. The van der Waals surface area contributed by atoms with Crippen molar-refractivity contribution < 1.29 is 19.5 Å². The summed E-state index contributed by atoms with van der Waals surface area (Å²) in [4.78, 5) is 36.9. The van der Waals surface area contributed by atoms with E-state index in [1.807, 2.05) is 0 Å². The molecule has 1 fully saturated rings. The summed E-state index contributed by atoms with van der Waals surface area (Å²) in [6, 6.07) is 2.34. The van der Waals surface area contributed by atoms with Crippen molar-refractivity contribution in [2.24, 2.45) is 0 Å². The number of carbonyl (C=O) groups excluding carboxylic acids is 3. The molecule has 1 aliphatic heterocycles. The van der Waals surface area contributed by atoms with E-state index in [0.717, 1.165) is 9.80 Å². The molecule has 1 saturated heterocycles. The Morgan fingerprint density at radius 2 is 2.14 bits per heavy atom. The lowest BCUT2D eigenvalue weighted by atomic mass is 10.3. The molecule has 9 heteroatoms. The molecule has 112 valence electrons.